The summed E-state index contributed by atoms with van der Waals surface area (Å²) in [4.78, 5) is 4.41. The maximum absolute atomic E-state index is 9.12. The third kappa shape index (κ3) is 2.80. The summed E-state index contributed by atoms with van der Waals surface area (Å²) in [5.41, 5.74) is 9.39. The molecule has 0 unspecified atom stereocenters. The van der Waals surface area contributed by atoms with Gasteiger partial charge in [0.05, 0.1) is 11.3 Å². The number of hydrogen-bond donors (Lipinski definition) is 1. The van der Waals surface area contributed by atoms with Crippen molar-refractivity contribution in [3.8, 4) is 6.07 Å². The zero-order chi connectivity index (χ0) is 12.1. The van der Waals surface area contributed by atoms with Crippen molar-refractivity contribution in [1.29, 1.82) is 5.26 Å². The number of unbranched alkanes of at least 4 members (excludes halogenated alkanes) is 1. The van der Waals surface area contributed by atoms with Gasteiger partial charge in [-0.15, -0.1) is 0 Å². The second kappa shape index (κ2) is 5.62. The molecular weight excluding hydrogens is 198 g/mol. The lowest BCUT2D eigenvalue weighted by atomic mass is 9.99. The summed E-state index contributed by atoms with van der Waals surface area (Å²) >= 11 is 0. The summed E-state index contributed by atoms with van der Waals surface area (Å²) < 4.78 is 0. The fourth-order valence-electron chi connectivity index (χ4n) is 1.84. The van der Waals surface area contributed by atoms with Crippen LogP contribution in [0.5, 0.6) is 0 Å². The highest BCUT2D eigenvalue weighted by molar-refractivity contribution is 5.42. The highest BCUT2D eigenvalue weighted by atomic mass is 14.8. The molecule has 1 heterocycles. The number of nitrogens with two attached hydrogens (primary N) is 1. The van der Waals surface area contributed by atoms with Gasteiger partial charge in [0.25, 0.3) is 0 Å². The number of nitriles is 1. The van der Waals surface area contributed by atoms with Crippen LogP contribution in [0.2, 0.25) is 0 Å². The Bertz CT molecular complexity index is 404. The summed E-state index contributed by atoms with van der Waals surface area (Å²) in [5.74, 6) is 0. The summed E-state index contributed by atoms with van der Waals surface area (Å²) in [6.07, 6.45) is 3.07. The van der Waals surface area contributed by atoms with Gasteiger partial charge < -0.3 is 5.73 Å². The van der Waals surface area contributed by atoms with E-state index in [2.05, 4.69) is 18.0 Å². The molecule has 0 saturated carbocycles. The van der Waals surface area contributed by atoms with E-state index in [9.17, 15) is 0 Å². The average Bonchev–Trinajstić information content (AvgIpc) is 2.24. The van der Waals surface area contributed by atoms with Crippen LogP contribution in [-0.4, -0.2) is 4.98 Å². The molecule has 0 aliphatic carbocycles. The Morgan fingerprint density at radius 2 is 2.19 bits per heavy atom. The van der Waals surface area contributed by atoms with E-state index in [0.717, 1.165) is 36.2 Å². The molecule has 0 aromatic carbocycles. The van der Waals surface area contributed by atoms with Gasteiger partial charge in [0.1, 0.15) is 6.07 Å². The first kappa shape index (κ1) is 12.7. The number of rotatable bonds is 4. The van der Waals surface area contributed by atoms with E-state index in [1.165, 1.54) is 0 Å². The van der Waals surface area contributed by atoms with Crippen LogP contribution in [0.4, 0.5) is 0 Å². The first-order valence-electron chi connectivity index (χ1n) is 5.74. The van der Waals surface area contributed by atoms with E-state index >= 15 is 0 Å². The number of hydrogen-bond acceptors (Lipinski definition) is 3. The lowest BCUT2D eigenvalue weighted by Gasteiger charge is -2.14. The predicted octanol–water partition coefficient (Wildman–Crippen LogP) is 2.76. The molecule has 3 nitrogen and oxygen atoms in total. The molecule has 86 valence electrons. The Morgan fingerprint density at radius 1 is 1.50 bits per heavy atom. The van der Waals surface area contributed by atoms with Gasteiger partial charge in [-0.1, -0.05) is 19.8 Å². The van der Waals surface area contributed by atoms with Crippen molar-refractivity contribution in [3.63, 3.8) is 0 Å². The minimum Gasteiger partial charge on any atom is -0.323 e. The molecule has 3 heteroatoms. The largest absolute Gasteiger partial charge is 0.323 e. The van der Waals surface area contributed by atoms with Crippen LogP contribution < -0.4 is 5.73 Å². The number of aryl methyl sites for hydroxylation is 2. The van der Waals surface area contributed by atoms with Gasteiger partial charge in [-0.3, -0.25) is 4.98 Å². The van der Waals surface area contributed by atoms with Crippen LogP contribution in [-0.2, 0) is 0 Å². The van der Waals surface area contributed by atoms with E-state index < -0.39 is 0 Å². The SMILES string of the molecule is CCCC[C@H](N)c1nc(C)cc(C)c1C#N. The van der Waals surface area contributed by atoms with Gasteiger partial charge in [0, 0.05) is 11.7 Å². The van der Waals surface area contributed by atoms with Crippen molar-refractivity contribution in [3.05, 3.63) is 28.6 Å². The molecule has 0 amide bonds. The minimum absolute atomic E-state index is 0.117. The van der Waals surface area contributed by atoms with Crippen molar-refractivity contribution < 1.29 is 0 Å². The van der Waals surface area contributed by atoms with Gasteiger partial charge >= 0.3 is 0 Å². The molecule has 2 N–H and O–H groups in total. The highest BCUT2D eigenvalue weighted by Gasteiger charge is 2.14. The van der Waals surface area contributed by atoms with E-state index in [-0.39, 0.29) is 6.04 Å². The number of pyridine rings is 1. The van der Waals surface area contributed by atoms with Crippen LogP contribution in [0.25, 0.3) is 0 Å². The summed E-state index contributed by atoms with van der Waals surface area (Å²) in [6.45, 7) is 6.00. The van der Waals surface area contributed by atoms with Crippen LogP contribution in [0.15, 0.2) is 6.07 Å². The lowest BCUT2D eigenvalue weighted by molar-refractivity contribution is 0.587. The summed E-state index contributed by atoms with van der Waals surface area (Å²) in [5, 5.41) is 9.12. The van der Waals surface area contributed by atoms with Crippen molar-refractivity contribution in [2.45, 2.75) is 46.1 Å². The molecular formula is C13H19N3. The van der Waals surface area contributed by atoms with Crippen LogP contribution in [0, 0.1) is 25.2 Å². The van der Waals surface area contributed by atoms with Gasteiger partial charge in [0.15, 0.2) is 0 Å². The molecule has 1 aromatic rings. The Hall–Kier alpha value is -1.40. The Labute approximate surface area is 97.3 Å². The zero-order valence-electron chi connectivity index (χ0n) is 10.2. The maximum atomic E-state index is 9.12. The van der Waals surface area contributed by atoms with E-state index in [0.29, 0.717) is 5.56 Å². The summed E-state index contributed by atoms with van der Waals surface area (Å²) in [6, 6.07) is 4.01. The first-order valence-corrected chi connectivity index (χ1v) is 5.74. The third-order valence-corrected chi connectivity index (χ3v) is 2.70. The third-order valence-electron chi connectivity index (χ3n) is 2.70. The molecule has 0 spiro atoms. The molecule has 0 aliphatic rings. The van der Waals surface area contributed by atoms with Crippen LogP contribution in [0.1, 0.15) is 54.7 Å². The Morgan fingerprint density at radius 3 is 2.75 bits per heavy atom. The fourth-order valence-corrected chi connectivity index (χ4v) is 1.84. The monoisotopic (exact) mass is 217 g/mol. The fraction of sp³-hybridized carbons (Fsp3) is 0.538. The van der Waals surface area contributed by atoms with Crippen LogP contribution in [0.3, 0.4) is 0 Å². The van der Waals surface area contributed by atoms with Crippen molar-refractivity contribution in [1.82, 2.24) is 4.98 Å². The Kier molecular flexibility index (Phi) is 4.45. The highest BCUT2D eigenvalue weighted by Crippen LogP contribution is 2.21. The van der Waals surface area contributed by atoms with Crippen molar-refractivity contribution in [2.75, 3.05) is 0 Å². The molecule has 0 fully saturated rings. The van der Waals surface area contributed by atoms with Gasteiger partial charge in [-0.25, -0.2) is 0 Å². The standard InChI is InChI=1S/C13H19N3/c1-4-5-6-12(15)13-11(8-14)9(2)7-10(3)16-13/h7,12H,4-6,15H2,1-3H3/t12-/m0/s1. The molecule has 16 heavy (non-hydrogen) atoms. The predicted molar refractivity (Wildman–Crippen MR) is 64.9 cm³/mol. The number of aromatic nitrogens is 1. The van der Waals surface area contributed by atoms with Crippen molar-refractivity contribution in [2.24, 2.45) is 5.73 Å². The van der Waals surface area contributed by atoms with E-state index in [1.54, 1.807) is 0 Å². The molecule has 0 bridgehead atoms. The Balaban J connectivity index is 3.07. The molecule has 1 atom stereocenters. The molecule has 0 saturated heterocycles. The topological polar surface area (TPSA) is 62.7 Å². The molecule has 0 radical (unpaired) electrons. The lowest BCUT2D eigenvalue weighted by Crippen LogP contribution is -2.15. The van der Waals surface area contributed by atoms with Crippen LogP contribution >= 0.6 is 0 Å². The number of nitrogens with zero attached hydrogens (tertiary/aromatic N) is 2. The molecule has 1 aromatic heterocycles. The van der Waals surface area contributed by atoms with Gasteiger partial charge in [-0.2, -0.15) is 5.26 Å². The average molecular weight is 217 g/mol. The quantitative estimate of drug-likeness (QED) is 0.843. The van der Waals surface area contributed by atoms with Gasteiger partial charge in [0.2, 0.25) is 0 Å². The van der Waals surface area contributed by atoms with E-state index in [4.69, 9.17) is 11.0 Å². The first-order chi connectivity index (χ1) is 7.60. The second-order valence-electron chi connectivity index (χ2n) is 4.20. The van der Waals surface area contributed by atoms with Gasteiger partial charge in [-0.05, 0) is 31.9 Å². The summed E-state index contributed by atoms with van der Waals surface area (Å²) in [7, 11) is 0. The molecule has 0 aliphatic heterocycles. The molecule has 1 rings (SSSR count). The minimum atomic E-state index is -0.117. The van der Waals surface area contributed by atoms with Crippen molar-refractivity contribution >= 4 is 0 Å². The second-order valence-corrected chi connectivity index (χ2v) is 4.20. The van der Waals surface area contributed by atoms with E-state index in [1.807, 2.05) is 19.9 Å². The maximum Gasteiger partial charge on any atom is 0.101 e. The smallest absolute Gasteiger partial charge is 0.101 e. The zero-order valence-corrected chi connectivity index (χ0v) is 10.2. The normalized spacial score (nSPS) is 12.2.